The van der Waals surface area contributed by atoms with Crippen LogP contribution in [-0.2, 0) is 35.1 Å². The average Bonchev–Trinajstić information content (AvgIpc) is 3.74. The SMILES string of the molecule is CC(C)(C)c1ccc2c(c1)[cH-]c1cc(C(C)(C)C)ccc12.CC(C)c1c[c-]cc(C(C)C)c1.[CH-]1CCCCC1.[CH2]=[Zr].c1cc[cH-]c1. The topological polar surface area (TPSA) is 0 Å². The molecule has 1 heteroatoms. The summed E-state index contributed by atoms with van der Waals surface area (Å²) in [6.45, 7) is 22.5. The van der Waals surface area contributed by atoms with E-state index in [1.54, 1.807) is 0 Å². The molecular weight excluding hydrogens is 632 g/mol. The van der Waals surface area contributed by atoms with Crippen LogP contribution in [0.3, 0.4) is 0 Å². The molecule has 0 aromatic heterocycles. The number of benzene rings is 3. The van der Waals surface area contributed by atoms with Gasteiger partial charge in [0.15, 0.2) is 0 Å². The Hall–Kier alpha value is -2.37. The number of rotatable bonds is 2. The summed E-state index contributed by atoms with van der Waals surface area (Å²) in [6.07, 6.45) is 9.50. The van der Waals surface area contributed by atoms with Crippen LogP contribution < -0.4 is 0 Å². The van der Waals surface area contributed by atoms with Gasteiger partial charge in [-0.1, -0.05) is 136 Å². The minimum Gasteiger partial charge on any atom is -0.214 e. The van der Waals surface area contributed by atoms with Gasteiger partial charge in [-0.15, -0.1) is 39.7 Å². The van der Waals surface area contributed by atoms with Gasteiger partial charge in [-0.3, -0.25) is 0 Å². The van der Waals surface area contributed by atoms with Gasteiger partial charge in [0.05, 0.1) is 0 Å². The predicted molar refractivity (Wildman–Crippen MR) is 204 cm³/mol. The summed E-state index contributed by atoms with van der Waals surface area (Å²) >= 11 is 1.30. The molecule has 0 unspecified atom stereocenters. The molecule has 0 saturated heterocycles. The van der Waals surface area contributed by atoms with Crippen LogP contribution in [0, 0.1) is 12.5 Å². The van der Waals surface area contributed by atoms with Gasteiger partial charge in [0.25, 0.3) is 0 Å². The third-order valence-corrected chi connectivity index (χ3v) is 8.48. The van der Waals surface area contributed by atoms with Crippen molar-refractivity contribution >= 4 is 25.8 Å². The predicted octanol–water partition coefficient (Wildman–Crippen LogP) is 13.6. The second-order valence-corrected chi connectivity index (χ2v) is 15.0. The molecule has 0 bridgehead atoms. The van der Waals surface area contributed by atoms with E-state index in [-0.39, 0.29) is 10.8 Å². The van der Waals surface area contributed by atoms with Gasteiger partial charge < -0.3 is 6.42 Å². The summed E-state index contributed by atoms with van der Waals surface area (Å²) < 4.78 is 3.34. The van der Waals surface area contributed by atoms with Crippen LogP contribution >= 0.6 is 0 Å². The summed E-state index contributed by atoms with van der Waals surface area (Å²) in [5.41, 5.74) is 5.99. The Kier molecular flexibility index (Phi) is 16.8. The summed E-state index contributed by atoms with van der Waals surface area (Å²) in [7, 11) is 0. The van der Waals surface area contributed by atoms with E-state index < -0.39 is 0 Å². The Balaban J connectivity index is 0.000000246. The first-order valence-corrected chi connectivity index (χ1v) is 19.0. The van der Waals surface area contributed by atoms with Gasteiger partial charge in [0.2, 0.25) is 0 Å². The van der Waals surface area contributed by atoms with Gasteiger partial charge >= 0.3 is 28.4 Å². The molecule has 6 rings (SSSR count). The van der Waals surface area contributed by atoms with Crippen molar-refractivity contribution in [1.82, 2.24) is 0 Å². The molecule has 1 aliphatic carbocycles. The molecule has 0 nitrogen and oxygen atoms in total. The van der Waals surface area contributed by atoms with E-state index in [9.17, 15) is 0 Å². The molecule has 5 aromatic carbocycles. The first-order chi connectivity index (χ1) is 21.8. The van der Waals surface area contributed by atoms with Crippen molar-refractivity contribution in [1.29, 1.82) is 0 Å². The van der Waals surface area contributed by atoms with Gasteiger partial charge in [-0.25, -0.2) is 12.1 Å². The molecule has 0 amide bonds. The molecule has 0 N–H and O–H groups in total. The smallest absolute Gasteiger partial charge is 0.172 e. The Morgan fingerprint density at radius 2 is 1.09 bits per heavy atom. The monoisotopic (exact) mass is 690 g/mol. The van der Waals surface area contributed by atoms with E-state index in [0.29, 0.717) is 11.8 Å². The van der Waals surface area contributed by atoms with Crippen molar-refractivity contribution in [2.45, 2.75) is 124 Å². The third kappa shape index (κ3) is 13.0. The zero-order chi connectivity index (χ0) is 34.3. The Morgan fingerprint density at radius 3 is 1.37 bits per heavy atom. The molecule has 5 aromatic rings. The number of hydrogen-bond donors (Lipinski definition) is 0. The normalized spacial score (nSPS) is 13.0. The summed E-state index contributed by atoms with van der Waals surface area (Å²) in [5, 5.41) is 5.48. The molecule has 46 heavy (non-hydrogen) atoms. The Bertz CT molecular complexity index is 1410. The second-order valence-electron chi connectivity index (χ2n) is 15.0. The first kappa shape index (κ1) is 39.8. The van der Waals surface area contributed by atoms with E-state index in [2.05, 4.69) is 147 Å². The summed E-state index contributed by atoms with van der Waals surface area (Å²) in [5.74, 6) is 1.22. The van der Waals surface area contributed by atoms with Crippen LogP contribution in [0.1, 0.15) is 135 Å². The van der Waals surface area contributed by atoms with Crippen molar-refractivity contribution in [2.24, 2.45) is 0 Å². The summed E-state index contributed by atoms with van der Waals surface area (Å²) in [6, 6.07) is 35.8. The molecular formula is C45H60Zr-4. The first-order valence-electron chi connectivity index (χ1n) is 17.3. The molecule has 0 heterocycles. The average molecular weight is 692 g/mol. The molecule has 1 saturated carbocycles. The maximum absolute atomic E-state index is 3.34. The molecule has 0 spiro atoms. The summed E-state index contributed by atoms with van der Waals surface area (Å²) in [4.78, 5) is 0. The van der Waals surface area contributed by atoms with Crippen LogP contribution in [0.25, 0.3) is 21.5 Å². The quantitative estimate of drug-likeness (QED) is 0.162. The molecule has 1 fully saturated rings. The molecule has 0 radical (unpaired) electrons. The zero-order valence-electron chi connectivity index (χ0n) is 30.6. The molecule has 0 aliphatic heterocycles. The van der Waals surface area contributed by atoms with Crippen molar-refractivity contribution in [3.8, 4) is 0 Å². The largest absolute Gasteiger partial charge is 0.214 e. The van der Waals surface area contributed by atoms with Crippen molar-refractivity contribution in [3.05, 3.63) is 126 Å². The van der Waals surface area contributed by atoms with Crippen LogP contribution in [0.2, 0.25) is 0 Å². The fourth-order valence-corrected chi connectivity index (χ4v) is 5.35. The minimum atomic E-state index is 0.203. The minimum absolute atomic E-state index is 0.203. The van der Waals surface area contributed by atoms with Gasteiger partial charge in [0.1, 0.15) is 0 Å². The standard InChI is InChI=1S/C21H25.C12H17.C6H11.C5H5.CH2.Zr/c1-20(2,3)16-7-9-18-14(12-16)11-15-13-17(21(4,5)6)8-10-19(15)18;1-9(2)11-6-5-7-12(8-11)10(3)4;1-2-4-6-5-3-1;1-2-4-5-3-1;;/h7-13H,1-6H3;6-10H,1-4H3;1H,2-6H2;1-5H;1H2;/q4*-1;;. The molecule has 1 aliphatic rings. The van der Waals surface area contributed by atoms with Crippen LogP contribution in [0.4, 0.5) is 0 Å². The van der Waals surface area contributed by atoms with E-state index in [0.717, 1.165) is 0 Å². The third-order valence-electron chi connectivity index (χ3n) is 8.48. The number of fused-ring (bicyclic) bond motifs is 3. The maximum atomic E-state index is 3.34. The van der Waals surface area contributed by atoms with Gasteiger partial charge in [-0.05, 0) is 10.8 Å². The van der Waals surface area contributed by atoms with E-state index >= 15 is 0 Å². The van der Waals surface area contributed by atoms with Gasteiger partial charge in [-0.2, -0.15) is 66.4 Å². The van der Waals surface area contributed by atoms with Crippen molar-refractivity contribution in [2.75, 3.05) is 0 Å². The van der Waals surface area contributed by atoms with E-state index in [4.69, 9.17) is 0 Å². The molecule has 0 atom stereocenters. The van der Waals surface area contributed by atoms with Crippen molar-refractivity contribution < 1.29 is 24.2 Å². The second kappa shape index (κ2) is 19.5. The van der Waals surface area contributed by atoms with Crippen molar-refractivity contribution in [3.63, 3.8) is 0 Å². The van der Waals surface area contributed by atoms with Crippen LogP contribution in [0.15, 0.2) is 91.0 Å². The van der Waals surface area contributed by atoms with Crippen LogP contribution in [-0.4, -0.2) is 4.21 Å². The number of hydrogen-bond acceptors (Lipinski definition) is 0. The maximum Gasteiger partial charge on any atom is -0.172 e. The fraction of sp³-hybridized carbons (Fsp3) is 0.422. The van der Waals surface area contributed by atoms with Gasteiger partial charge in [0, 0.05) is 0 Å². The zero-order valence-corrected chi connectivity index (χ0v) is 33.1. The Morgan fingerprint density at radius 1 is 0.652 bits per heavy atom. The van der Waals surface area contributed by atoms with E-state index in [1.165, 1.54) is 100 Å². The van der Waals surface area contributed by atoms with E-state index in [1.807, 2.05) is 30.3 Å². The molecule has 248 valence electrons. The van der Waals surface area contributed by atoms with Crippen LogP contribution in [0.5, 0.6) is 0 Å². The fourth-order valence-electron chi connectivity index (χ4n) is 5.35. The Labute approximate surface area is 298 Å².